The molecule has 3 rings (SSSR count). The maximum atomic E-state index is 12.8. The topological polar surface area (TPSA) is 94.7 Å². The number of halogens is 6. The highest BCUT2D eigenvalue weighted by atomic mass is 32.2. The van der Waals surface area contributed by atoms with Gasteiger partial charge in [0.05, 0.1) is 9.73 Å². The molecule has 7 nitrogen and oxygen atoms in total. The maximum Gasteiger partial charge on any atom is 0.573 e. The number of rotatable bonds is 4. The van der Waals surface area contributed by atoms with Crippen LogP contribution in [0.5, 0.6) is 5.75 Å². The third-order valence-electron chi connectivity index (χ3n) is 3.81. The summed E-state index contributed by atoms with van der Waals surface area (Å²) < 4.78 is 98.5. The largest absolute Gasteiger partial charge is 0.573 e. The van der Waals surface area contributed by atoms with Crippen LogP contribution in [0.15, 0.2) is 62.3 Å². The highest BCUT2D eigenvalue weighted by Gasteiger charge is 2.38. The van der Waals surface area contributed by atoms with E-state index < -0.39 is 39.8 Å². The summed E-state index contributed by atoms with van der Waals surface area (Å²) in [7, 11) is -3.32. The van der Waals surface area contributed by atoms with E-state index >= 15 is 0 Å². The molecule has 0 aliphatic carbocycles. The van der Waals surface area contributed by atoms with E-state index in [0.29, 0.717) is 0 Å². The van der Waals surface area contributed by atoms with Crippen molar-refractivity contribution in [3.63, 3.8) is 0 Å². The summed E-state index contributed by atoms with van der Waals surface area (Å²) >= 11 is 0. The SMILES string of the molecule is CS(=O)(=NC(=O)c1ccc(-c2noc(C(F)(F)F)n2)cc1)c1ccc(OC(F)(F)F)cc1. The van der Waals surface area contributed by atoms with Gasteiger partial charge in [-0.2, -0.15) is 22.5 Å². The molecule has 0 saturated carbocycles. The van der Waals surface area contributed by atoms with Crippen molar-refractivity contribution in [3.05, 3.63) is 60.0 Å². The van der Waals surface area contributed by atoms with Crippen LogP contribution < -0.4 is 4.74 Å². The summed E-state index contributed by atoms with van der Waals surface area (Å²) in [5.41, 5.74) is 0.0816. The first-order valence-corrected chi connectivity index (χ1v) is 10.3. The second kappa shape index (κ2) is 8.26. The van der Waals surface area contributed by atoms with Crippen molar-refractivity contribution in [2.75, 3.05) is 6.26 Å². The van der Waals surface area contributed by atoms with Gasteiger partial charge < -0.3 is 9.26 Å². The lowest BCUT2D eigenvalue weighted by Crippen LogP contribution is -2.17. The fraction of sp³-hybridized carbons (Fsp3) is 0.167. The minimum Gasteiger partial charge on any atom is -0.406 e. The fourth-order valence-corrected chi connectivity index (χ4v) is 3.54. The summed E-state index contributed by atoms with van der Waals surface area (Å²) in [4.78, 5) is 15.6. The quantitative estimate of drug-likeness (QED) is 0.492. The minimum absolute atomic E-state index is 0.0107. The molecule has 1 atom stereocenters. The van der Waals surface area contributed by atoms with Crippen molar-refractivity contribution < 1.29 is 44.6 Å². The molecule has 0 fully saturated rings. The number of ether oxygens (including phenoxy) is 1. The molecule has 170 valence electrons. The van der Waals surface area contributed by atoms with Crippen molar-refractivity contribution in [1.29, 1.82) is 0 Å². The van der Waals surface area contributed by atoms with Gasteiger partial charge in [0, 0.05) is 22.3 Å². The molecule has 1 heterocycles. The van der Waals surface area contributed by atoms with E-state index in [-0.39, 0.29) is 21.8 Å². The van der Waals surface area contributed by atoms with E-state index in [2.05, 4.69) is 23.8 Å². The van der Waals surface area contributed by atoms with E-state index in [1.807, 2.05) is 0 Å². The third-order valence-corrected chi connectivity index (χ3v) is 5.47. The van der Waals surface area contributed by atoms with Crippen LogP contribution in [0.3, 0.4) is 0 Å². The molecule has 32 heavy (non-hydrogen) atoms. The van der Waals surface area contributed by atoms with E-state index in [1.165, 1.54) is 24.3 Å². The zero-order chi connectivity index (χ0) is 23.7. The maximum absolute atomic E-state index is 12.8. The highest BCUT2D eigenvalue weighted by molar-refractivity contribution is 7.93. The second-order valence-electron chi connectivity index (χ2n) is 6.22. The zero-order valence-electron chi connectivity index (χ0n) is 15.8. The van der Waals surface area contributed by atoms with Crippen LogP contribution in [0, 0.1) is 0 Å². The molecule has 0 aliphatic rings. The number of aromatic nitrogens is 2. The molecule has 0 spiro atoms. The van der Waals surface area contributed by atoms with E-state index in [9.17, 15) is 35.3 Å². The minimum atomic E-state index is -4.89. The monoisotopic (exact) mass is 479 g/mol. The summed E-state index contributed by atoms with van der Waals surface area (Å²) in [5, 5.41) is 3.21. The molecule has 14 heteroatoms. The van der Waals surface area contributed by atoms with Gasteiger partial charge in [-0.1, -0.05) is 17.3 Å². The zero-order valence-corrected chi connectivity index (χ0v) is 16.6. The molecule has 3 aromatic rings. The van der Waals surface area contributed by atoms with Gasteiger partial charge in [0.15, 0.2) is 0 Å². The van der Waals surface area contributed by atoms with Gasteiger partial charge in [-0.25, -0.2) is 4.21 Å². The number of alkyl halides is 6. The number of hydrogen-bond acceptors (Lipinski definition) is 6. The predicted octanol–water partition coefficient (Wildman–Crippen LogP) is 4.95. The Balaban J connectivity index is 1.79. The van der Waals surface area contributed by atoms with Crippen molar-refractivity contribution in [2.45, 2.75) is 17.4 Å². The lowest BCUT2D eigenvalue weighted by Gasteiger charge is -2.09. The Labute approximate surface area is 176 Å². The summed E-state index contributed by atoms with van der Waals surface area (Å²) in [5.74, 6) is -3.33. The van der Waals surface area contributed by atoms with Crippen molar-refractivity contribution in [1.82, 2.24) is 10.1 Å². The lowest BCUT2D eigenvalue weighted by molar-refractivity contribution is -0.274. The average Bonchev–Trinajstić information content (AvgIpc) is 3.18. The van der Waals surface area contributed by atoms with E-state index in [0.717, 1.165) is 30.5 Å². The smallest absolute Gasteiger partial charge is 0.406 e. The van der Waals surface area contributed by atoms with E-state index in [1.54, 1.807) is 0 Å². The number of carbonyl (C=O) groups is 1. The van der Waals surface area contributed by atoms with Crippen LogP contribution in [0.2, 0.25) is 0 Å². The van der Waals surface area contributed by atoms with E-state index in [4.69, 9.17) is 0 Å². The molecule has 0 radical (unpaired) electrons. The summed E-state index contributed by atoms with van der Waals surface area (Å²) in [6.07, 6.45) is -8.58. The predicted molar refractivity (Wildman–Crippen MR) is 97.0 cm³/mol. The Bertz CT molecular complexity index is 1240. The van der Waals surface area contributed by atoms with Crippen molar-refractivity contribution in [3.8, 4) is 17.1 Å². The summed E-state index contributed by atoms with van der Waals surface area (Å²) in [6.45, 7) is 0. The first-order valence-electron chi connectivity index (χ1n) is 8.38. The molecule has 0 saturated heterocycles. The first-order chi connectivity index (χ1) is 14.7. The third kappa shape index (κ3) is 5.63. The van der Waals surface area contributed by atoms with Crippen LogP contribution in [-0.4, -0.2) is 32.9 Å². The number of benzene rings is 2. The summed E-state index contributed by atoms with van der Waals surface area (Å²) in [6, 6.07) is 8.93. The Kier molecular flexibility index (Phi) is 6.00. The van der Waals surface area contributed by atoms with Gasteiger partial charge in [-0.3, -0.25) is 4.79 Å². The lowest BCUT2D eigenvalue weighted by atomic mass is 10.1. The molecule has 0 N–H and O–H groups in total. The normalized spacial score (nSPS) is 14.0. The van der Waals surface area contributed by atoms with Gasteiger partial charge in [0.1, 0.15) is 5.75 Å². The van der Waals surface area contributed by atoms with Crippen LogP contribution in [-0.2, 0) is 15.9 Å². The van der Waals surface area contributed by atoms with Crippen LogP contribution in [0.4, 0.5) is 26.3 Å². The Morgan fingerprint density at radius 1 is 1.00 bits per heavy atom. The van der Waals surface area contributed by atoms with Crippen molar-refractivity contribution >= 4 is 15.6 Å². The van der Waals surface area contributed by atoms with Gasteiger partial charge in [-0.05, 0) is 36.4 Å². The molecule has 1 amide bonds. The van der Waals surface area contributed by atoms with Gasteiger partial charge in [0.2, 0.25) is 5.82 Å². The molecule has 2 aromatic carbocycles. The number of amides is 1. The Morgan fingerprint density at radius 2 is 1.59 bits per heavy atom. The average molecular weight is 479 g/mol. The van der Waals surface area contributed by atoms with Crippen LogP contribution in [0.25, 0.3) is 11.4 Å². The fourth-order valence-electron chi connectivity index (χ4n) is 2.38. The second-order valence-corrected chi connectivity index (χ2v) is 8.48. The molecule has 1 aromatic heterocycles. The van der Waals surface area contributed by atoms with Gasteiger partial charge in [0.25, 0.3) is 5.91 Å². The van der Waals surface area contributed by atoms with Gasteiger partial charge >= 0.3 is 18.4 Å². The number of nitrogens with zero attached hydrogens (tertiary/aromatic N) is 3. The molecular weight excluding hydrogens is 468 g/mol. The standard InChI is InChI=1S/C18H11F6N3O4S/c1-32(29,13-8-6-12(7-9-13)30-18(22,23)24)27-15(28)11-4-2-10(3-5-11)14-25-16(31-26-14)17(19,20)21/h2-9H,1H3. The van der Waals surface area contributed by atoms with Crippen LogP contribution >= 0.6 is 0 Å². The Hall–Kier alpha value is -3.42. The first kappa shape index (κ1) is 23.2. The molecule has 1 unspecified atom stereocenters. The highest BCUT2D eigenvalue weighted by Crippen LogP contribution is 2.29. The Morgan fingerprint density at radius 3 is 2.09 bits per heavy atom. The number of carbonyl (C=O) groups excluding carboxylic acids is 1. The molecule has 0 aliphatic heterocycles. The van der Waals surface area contributed by atoms with Gasteiger partial charge in [-0.15, -0.1) is 13.2 Å². The molecular formula is C18H11F6N3O4S. The van der Waals surface area contributed by atoms with Crippen LogP contribution in [0.1, 0.15) is 16.2 Å². The number of hydrogen-bond donors (Lipinski definition) is 0. The molecule has 0 bridgehead atoms. The van der Waals surface area contributed by atoms with Crippen molar-refractivity contribution in [2.24, 2.45) is 4.36 Å².